The molecule has 31 heavy (non-hydrogen) atoms. The van der Waals surface area contributed by atoms with Crippen molar-refractivity contribution in [1.29, 1.82) is 0 Å². The highest BCUT2D eigenvalue weighted by atomic mass is 32.1. The van der Waals surface area contributed by atoms with Gasteiger partial charge in [-0.1, -0.05) is 0 Å². The number of rotatable bonds is 6. The number of thiazole rings is 1. The Morgan fingerprint density at radius 3 is 2.84 bits per heavy atom. The molecule has 0 spiro atoms. The predicted octanol–water partition coefficient (Wildman–Crippen LogP) is 4.28. The average molecular weight is 438 g/mol. The van der Waals surface area contributed by atoms with Crippen LogP contribution in [0.25, 0.3) is 11.4 Å². The van der Waals surface area contributed by atoms with Crippen LogP contribution in [0.15, 0.2) is 29.4 Å². The maximum absolute atomic E-state index is 5.58. The number of allylic oxidation sites excluding steroid dienone is 1. The topological polar surface area (TPSA) is 80.1 Å². The summed E-state index contributed by atoms with van der Waals surface area (Å²) in [6.07, 6.45) is 6.65. The minimum Gasteiger partial charge on any atom is -0.479 e. The first kappa shape index (κ1) is 19.9. The zero-order valence-corrected chi connectivity index (χ0v) is 18.9. The van der Waals surface area contributed by atoms with E-state index in [4.69, 9.17) is 19.8 Å². The number of nitrogens with zero attached hydrogens (tertiary/aromatic N) is 5. The third-order valence-corrected chi connectivity index (χ3v) is 6.49. The van der Waals surface area contributed by atoms with Gasteiger partial charge in [-0.25, -0.2) is 14.6 Å². The molecule has 0 fully saturated rings. The second-order valence-electron chi connectivity index (χ2n) is 7.80. The van der Waals surface area contributed by atoms with Gasteiger partial charge < -0.3 is 20.3 Å². The van der Waals surface area contributed by atoms with Gasteiger partial charge in [0, 0.05) is 29.4 Å². The number of aromatic nitrogens is 4. The lowest BCUT2D eigenvalue weighted by Gasteiger charge is -2.17. The summed E-state index contributed by atoms with van der Waals surface area (Å²) in [7, 11) is 1.65. The van der Waals surface area contributed by atoms with Crippen LogP contribution in [-0.2, 0) is 19.4 Å². The summed E-state index contributed by atoms with van der Waals surface area (Å²) in [5.74, 6) is 1.67. The number of ether oxygens (including phenoxy) is 1. The molecule has 9 heteroatoms. The standard InChI is InChI=1S/C22H27N7OS/c1-4-29-20(15-7-5-6-8-16(15)27-29)26-22-25-18(12-31-22)17-9-10-19(21(24-17)30-3)28-11-14(2)23-13-28/h9-12,23H,4-8,13H2,1-3H3,(H,25,26). The molecule has 2 N–H and O–H groups in total. The molecule has 0 bridgehead atoms. The molecule has 4 heterocycles. The molecule has 3 aromatic heterocycles. The fourth-order valence-electron chi connectivity index (χ4n) is 4.16. The molecule has 0 saturated carbocycles. The highest BCUT2D eigenvalue weighted by molar-refractivity contribution is 7.14. The minimum atomic E-state index is 0.589. The van der Waals surface area contributed by atoms with E-state index in [1.807, 2.05) is 24.4 Å². The molecular formula is C22H27N7OS. The van der Waals surface area contributed by atoms with Crippen molar-refractivity contribution in [1.82, 2.24) is 25.1 Å². The van der Waals surface area contributed by atoms with Gasteiger partial charge in [0.05, 0.1) is 25.2 Å². The van der Waals surface area contributed by atoms with Gasteiger partial charge in [0.2, 0.25) is 5.88 Å². The molecule has 0 saturated heterocycles. The van der Waals surface area contributed by atoms with Crippen molar-refractivity contribution in [2.45, 2.75) is 46.1 Å². The van der Waals surface area contributed by atoms with Crippen LogP contribution in [0.5, 0.6) is 5.88 Å². The third-order valence-electron chi connectivity index (χ3n) is 5.74. The van der Waals surface area contributed by atoms with Gasteiger partial charge in [-0.05, 0) is 51.7 Å². The van der Waals surface area contributed by atoms with Crippen LogP contribution in [-0.4, -0.2) is 33.5 Å². The fraction of sp³-hybridized carbons (Fsp3) is 0.409. The number of nitrogens with one attached hydrogen (secondary N) is 2. The number of hydrogen-bond donors (Lipinski definition) is 2. The zero-order valence-electron chi connectivity index (χ0n) is 18.1. The van der Waals surface area contributed by atoms with Crippen LogP contribution >= 0.6 is 11.3 Å². The van der Waals surface area contributed by atoms with E-state index in [9.17, 15) is 0 Å². The van der Waals surface area contributed by atoms with Crippen LogP contribution in [0.1, 0.15) is 37.9 Å². The van der Waals surface area contributed by atoms with E-state index in [-0.39, 0.29) is 0 Å². The van der Waals surface area contributed by atoms with Gasteiger partial charge in [-0.2, -0.15) is 5.10 Å². The molecule has 0 atom stereocenters. The van der Waals surface area contributed by atoms with Gasteiger partial charge >= 0.3 is 0 Å². The van der Waals surface area contributed by atoms with Crippen LogP contribution in [0.2, 0.25) is 0 Å². The predicted molar refractivity (Wildman–Crippen MR) is 124 cm³/mol. The van der Waals surface area contributed by atoms with Gasteiger partial charge in [-0.3, -0.25) is 0 Å². The Bertz CT molecular complexity index is 1130. The highest BCUT2D eigenvalue weighted by Crippen LogP contribution is 2.34. The molecule has 1 aliphatic heterocycles. The minimum absolute atomic E-state index is 0.589. The van der Waals surface area contributed by atoms with E-state index in [0.29, 0.717) is 12.5 Å². The molecule has 0 unspecified atom stereocenters. The van der Waals surface area contributed by atoms with Crippen LogP contribution in [0.3, 0.4) is 0 Å². The lowest BCUT2D eigenvalue weighted by molar-refractivity contribution is 0.399. The zero-order chi connectivity index (χ0) is 21.4. The van der Waals surface area contributed by atoms with Gasteiger partial charge in [0.1, 0.15) is 17.2 Å². The summed E-state index contributed by atoms with van der Waals surface area (Å²) in [6, 6.07) is 4.03. The molecule has 1 aliphatic carbocycles. The van der Waals surface area contributed by atoms with E-state index in [1.165, 1.54) is 24.1 Å². The van der Waals surface area contributed by atoms with Crippen molar-refractivity contribution < 1.29 is 4.74 Å². The van der Waals surface area contributed by atoms with Crippen molar-refractivity contribution in [2.75, 3.05) is 24.0 Å². The van der Waals surface area contributed by atoms with Crippen molar-refractivity contribution in [3.8, 4) is 17.3 Å². The first-order valence-electron chi connectivity index (χ1n) is 10.7. The Morgan fingerprint density at radius 1 is 1.19 bits per heavy atom. The van der Waals surface area contributed by atoms with Gasteiger partial charge in [0.25, 0.3) is 0 Å². The van der Waals surface area contributed by atoms with Crippen molar-refractivity contribution in [3.63, 3.8) is 0 Å². The maximum atomic E-state index is 5.58. The van der Waals surface area contributed by atoms with Crippen LogP contribution in [0, 0.1) is 0 Å². The summed E-state index contributed by atoms with van der Waals surface area (Å²) >= 11 is 1.58. The van der Waals surface area contributed by atoms with E-state index in [2.05, 4.69) is 33.3 Å². The number of fused-ring (bicyclic) bond motifs is 1. The number of methoxy groups -OCH3 is 1. The SMILES string of the molecule is CCn1nc2c(c1Nc1nc(-c3ccc(N4C=C(C)NC4)c(OC)n3)cs1)CCCC2. The first-order chi connectivity index (χ1) is 15.2. The van der Waals surface area contributed by atoms with Gasteiger partial charge in [0.15, 0.2) is 5.13 Å². The maximum Gasteiger partial charge on any atom is 0.238 e. The molecule has 2 aliphatic rings. The molecule has 162 valence electrons. The quantitative estimate of drug-likeness (QED) is 0.596. The Hall–Kier alpha value is -3.07. The number of aryl methyl sites for hydroxylation is 2. The summed E-state index contributed by atoms with van der Waals surface area (Å²) in [5.41, 5.74) is 6.26. The first-order valence-corrected chi connectivity index (χ1v) is 11.6. The van der Waals surface area contributed by atoms with Crippen molar-refractivity contribution in [3.05, 3.63) is 40.7 Å². The van der Waals surface area contributed by atoms with Crippen molar-refractivity contribution in [2.24, 2.45) is 0 Å². The number of pyridine rings is 1. The summed E-state index contributed by atoms with van der Waals surface area (Å²) in [6.45, 7) is 5.72. The lowest BCUT2D eigenvalue weighted by Crippen LogP contribution is -2.21. The lowest BCUT2D eigenvalue weighted by atomic mass is 9.97. The summed E-state index contributed by atoms with van der Waals surface area (Å²) < 4.78 is 7.64. The second kappa shape index (κ2) is 8.22. The normalized spacial score (nSPS) is 15.5. The van der Waals surface area contributed by atoms with E-state index in [1.54, 1.807) is 18.4 Å². The van der Waals surface area contributed by atoms with E-state index < -0.39 is 0 Å². The van der Waals surface area contributed by atoms with Crippen LogP contribution < -0.4 is 20.3 Å². The third kappa shape index (κ3) is 3.74. The summed E-state index contributed by atoms with van der Waals surface area (Å²) in [5, 5.41) is 14.5. The van der Waals surface area contributed by atoms with E-state index in [0.717, 1.165) is 53.1 Å². The van der Waals surface area contributed by atoms with Crippen molar-refractivity contribution >= 4 is 28.0 Å². The van der Waals surface area contributed by atoms with E-state index >= 15 is 0 Å². The highest BCUT2D eigenvalue weighted by Gasteiger charge is 2.22. The number of hydrogen-bond acceptors (Lipinski definition) is 8. The Balaban J connectivity index is 1.41. The number of anilines is 3. The molecule has 0 radical (unpaired) electrons. The average Bonchev–Trinajstić information content (AvgIpc) is 3.52. The smallest absolute Gasteiger partial charge is 0.238 e. The molecule has 0 aromatic carbocycles. The molecule has 8 nitrogen and oxygen atoms in total. The second-order valence-corrected chi connectivity index (χ2v) is 8.66. The molecule has 5 rings (SSSR count). The Kier molecular flexibility index (Phi) is 5.27. The van der Waals surface area contributed by atoms with Gasteiger partial charge in [-0.15, -0.1) is 11.3 Å². The largest absolute Gasteiger partial charge is 0.479 e. The Morgan fingerprint density at radius 2 is 2.06 bits per heavy atom. The monoisotopic (exact) mass is 437 g/mol. The fourth-order valence-corrected chi connectivity index (χ4v) is 4.86. The molecule has 3 aromatic rings. The molecular weight excluding hydrogens is 410 g/mol. The summed E-state index contributed by atoms with van der Waals surface area (Å²) in [4.78, 5) is 11.6. The Labute approximate surface area is 186 Å². The molecule has 0 amide bonds. The van der Waals surface area contributed by atoms with Crippen LogP contribution in [0.4, 0.5) is 16.6 Å².